The average molecular weight is 365 g/mol. The first-order chi connectivity index (χ1) is 13.1. The van der Waals surface area contributed by atoms with Crippen LogP contribution in [0.5, 0.6) is 11.5 Å². The minimum absolute atomic E-state index is 0.0369. The second-order valence-electron chi connectivity index (χ2n) is 6.94. The maximum absolute atomic E-state index is 12.7. The molecule has 27 heavy (non-hydrogen) atoms. The van der Waals surface area contributed by atoms with Gasteiger partial charge in [-0.15, -0.1) is 0 Å². The summed E-state index contributed by atoms with van der Waals surface area (Å²) in [6.45, 7) is 3.81. The van der Waals surface area contributed by atoms with Crippen molar-refractivity contribution in [3.8, 4) is 11.5 Å². The zero-order valence-corrected chi connectivity index (χ0v) is 15.6. The standard InChI is InChI=1S/C21H23N3O3/c1-15-11-12-24(22-15)17-9-7-16(8-10-17)21(25)23(2)13-18-14-26-19-5-3-4-6-20(19)27-18/h3-10,18H,11-14H2,1-2H3. The lowest BCUT2D eigenvalue weighted by molar-refractivity contribution is 0.0521. The summed E-state index contributed by atoms with van der Waals surface area (Å²) in [6, 6.07) is 15.2. The first kappa shape index (κ1) is 17.4. The van der Waals surface area contributed by atoms with Crippen LogP contribution in [0, 0.1) is 0 Å². The number of ether oxygens (including phenoxy) is 2. The third-order valence-electron chi connectivity index (χ3n) is 4.78. The lowest BCUT2D eigenvalue weighted by Crippen LogP contribution is -2.41. The fourth-order valence-corrected chi connectivity index (χ4v) is 3.30. The minimum Gasteiger partial charge on any atom is -0.486 e. The molecule has 0 radical (unpaired) electrons. The van der Waals surface area contributed by atoms with Crippen LogP contribution in [0.2, 0.25) is 0 Å². The molecular formula is C21H23N3O3. The van der Waals surface area contributed by atoms with Gasteiger partial charge in [0, 0.05) is 31.3 Å². The quantitative estimate of drug-likeness (QED) is 0.835. The van der Waals surface area contributed by atoms with Gasteiger partial charge in [-0.05, 0) is 43.3 Å². The highest BCUT2D eigenvalue weighted by Crippen LogP contribution is 2.31. The van der Waals surface area contributed by atoms with E-state index in [-0.39, 0.29) is 12.0 Å². The van der Waals surface area contributed by atoms with Gasteiger partial charge < -0.3 is 14.4 Å². The summed E-state index contributed by atoms with van der Waals surface area (Å²) in [7, 11) is 1.79. The van der Waals surface area contributed by atoms with Crippen LogP contribution in [0.4, 0.5) is 5.69 Å². The maximum Gasteiger partial charge on any atom is 0.253 e. The molecule has 1 atom stereocenters. The zero-order chi connectivity index (χ0) is 18.8. The predicted octanol–water partition coefficient (Wildman–Crippen LogP) is 3.18. The van der Waals surface area contributed by atoms with Crippen LogP contribution >= 0.6 is 0 Å². The summed E-state index contributed by atoms with van der Waals surface area (Å²) in [5, 5.41) is 6.46. The number of fused-ring (bicyclic) bond motifs is 1. The Kier molecular flexibility index (Phi) is 4.71. The number of anilines is 1. The van der Waals surface area contributed by atoms with Crippen LogP contribution in [0.15, 0.2) is 53.6 Å². The van der Waals surface area contributed by atoms with E-state index in [9.17, 15) is 4.79 Å². The lowest BCUT2D eigenvalue weighted by Gasteiger charge is -2.29. The summed E-state index contributed by atoms with van der Waals surface area (Å²) in [5.41, 5.74) is 2.79. The Morgan fingerprint density at radius 1 is 1.19 bits per heavy atom. The number of hydrazone groups is 1. The van der Waals surface area contributed by atoms with Crippen molar-refractivity contribution >= 4 is 17.3 Å². The average Bonchev–Trinajstić information content (AvgIpc) is 3.14. The van der Waals surface area contributed by atoms with Crippen molar-refractivity contribution in [2.45, 2.75) is 19.4 Å². The van der Waals surface area contributed by atoms with E-state index in [1.54, 1.807) is 11.9 Å². The normalized spacial score (nSPS) is 18.2. The van der Waals surface area contributed by atoms with Gasteiger partial charge in [0.05, 0.1) is 12.2 Å². The van der Waals surface area contributed by atoms with Crippen LogP contribution in [0.25, 0.3) is 0 Å². The number of para-hydroxylation sites is 2. The smallest absolute Gasteiger partial charge is 0.253 e. The monoisotopic (exact) mass is 365 g/mol. The molecular weight excluding hydrogens is 342 g/mol. The second-order valence-corrected chi connectivity index (χ2v) is 6.94. The van der Waals surface area contributed by atoms with Crippen molar-refractivity contribution < 1.29 is 14.3 Å². The molecule has 0 N–H and O–H groups in total. The molecule has 0 spiro atoms. The number of carbonyl (C=O) groups excluding carboxylic acids is 1. The largest absolute Gasteiger partial charge is 0.486 e. The van der Waals surface area contributed by atoms with Crippen molar-refractivity contribution in [1.82, 2.24) is 4.90 Å². The van der Waals surface area contributed by atoms with Gasteiger partial charge in [-0.1, -0.05) is 12.1 Å². The van der Waals surface area contributed by atoms with Crippen LogP contribution in [0.1, 0.15) is 23.7 Å². The number of hydrogen-bond donors (Lipinski definition) is 0. The van der Waals surface area contributed by atoms with Gasteiger partial charge in [0.15, 0.2) is 17.6 Å². The van der Waals surface area contributed by atoms with Gasteiger partial charge in [0.25, 0.3) is 5.91 Å². The Morgan fingerprint density at radius 2 is 1.93 bits per heavy atom. The first-order valence-corrected chi connectivity index (χ1v) is 9.16. The molecule has 140 valence electrons. The van der Waals surface area contributed by atoms with E-state index in [1.165, 1.54) is 0 Å². The highest BCUT2D eigenvalue weighted by molar-refractivity contribution is 5.94. The number of hydrogen-bond acceptors (Lipinski definition) is 5. The molecule has 1 unspecified atom stereocenters. The second kappa shape index (κ2) is 7.31. The molecule has 1 amide bonds. The van der Waals surface area contributed by atoms with E-state index in [0.717, 1.165) is 35.9 Å². The van der Waals surface area contributed by atoms with Crippen LogP contribution in [-0.2, 0) is 0 Å². The van der Waals surface area contributed by atoms with Crippen molar-refractivity contribution in [2.24, 2.45) is 5.10 Å². The van der Waals surface area contributed by atoms with Crippen LogP contribution in [0.3, 0.4) is 0 Å². The third kappa shape index (κ3) is 3.74. The SMILES string of the molecule is CC1=NN(c2ccc(C(=O)N(C)CC3COc4ccccc4O3)cc2)CC1. The van der Waals surface area contributed by atoms with Crippen molar-refractivity contribution in [3.63, 3.8) is 0 Å². The van der Waals surface area contributed by atoms with E-state index < -0.39 is 0 Å². The molecule has 2 aromatic carbocycles. The molecule has 0 bridgehead atoms. The summed E-state index contributed by atoms with van der Waals surface area (Å²) < 4.78 is 11.7. The molecule has 0 aromatic heterocycles. The highest BCUT2D eigenvalue weighted by Gasteiger charge is 2.24. The molecule has 6 nitrogen and oxygen atoms in total. The number of carbonyl (C=O) groups is 1. The fourth-order valence-electron chi connectivity index (χ4n) is 3.30. The lowest BCUT2D eigenvalue weighted by atomic mass is 10.1. The van der Waals surface area contributed by atoms with Crippen LogP contribution < -0.4 is 14.5 Å². The van der Waals surface area contributed by atoms with Crippen molar-refractivity contribution in [2.75, 3.05) is 31.8 Å². The Hall–Kier alpha value is -3.02. The summed E-state index contributed by atoms with van der Waals surface area (Å²) in [5.74, 6) is 1.43. The van der Waals surface area contributed by atoms with E-state index in [2.05, 4.69) is 5.10 Å². The van der Waals surface area contributed by atoms with Gasteiger partial charge in [-0.3, -0.25) is 9.80 Å². The van der Waals surface area contributed by atoms with Gasteiger partial charge in [0.1, 0.15) is 6.61 Å². The van der Waals surface area contributed by atoms with Gasteiger partial charge in [-0.2, -0.15) is 5.10 Å². The Morgan fingerprint density at radius 3 is 2.63 bits per heavy atom. The zero-order valence-electron chi connectivity index (χ0n) is 15.6. The molecule has 2 aliphatic rings. The van der Waals surface area contributed by atoms with E-state index in [1.807, 2.05) is 60.5 Å². The van der Waals surface area contributed by atoms with E-state index >= 15 is 0 Å². The van der Waals surface area contributed by atoms with Crippen LogP contribution in [-0.4, -0.2) is 49.4 Å². The molecule has 2 heterocycles. The molecule has 2 aliphatic heterocycles. The number of nitrogens with zero attached hydrogens (tertiary/aromatic N) is 3. The Balaban J connectivity index is 1.38. The minimum atomic E-state index is -0.185. The Bertz CT molecular complexity index is 863. The molecule has 0 saturated heterocycles. The molecule has 0 fully saturated rings. The molecule has 6 heteroatoms. The number of benzene rings is 2. The van der Waals surface area contributed by atoms with E-state index in [0.29, 0.717) is 18.7 Å². The summed E-state index contributed by atoms with van der Waals surface area (Å²) in [4.78, 5) is 14.4. The molecule has 4 rings (SSSR count). The fraction of sp³-hybridized carbons (Fsp3) is 0.333. The Labute approximate surface area is 159 Å². The van der Waals surface area contributed by atoms with Gasteiger partial charge in [-0.25, -0.2) is 0 Å². The topological polar surface area (TPSA) is 54.4 Å². The summed E-state index contributed by atoms with van der Waals surface area (Å²) >= 11 is 0. The van der Waals surface area contributed by atoms with Crippen molar-refractivity contribution in [3.05, 3.63) is 54.1 Å². The first-order valence-electron chi connectivity index (χ1n) is 9.16. The molecule has 0 saturated carbocycles. The van der Waals surface area contributed by atoms with Gasteiger partial charge in [0.2, 0.25) is 0 Å². The van der Waals surface area contributed by atoms with E-state index in [4.69, 9.17) is 9.47 Å². The predicted molar refractivity (Wildman–Crippen MR) is 105 cm³/mol. The highest BCUT2D eigenvalue weighted by atomic mass is 16.6. The molecule has 2 aromatic rings. The summed E-state index contributed by atoms with van der Waals surface area (Å²) in [6.07, 6.45) is 0.797. The maximum atomic E-state index is 12.7. The molecule has 0 aliphatic carbocycles. The third-order valence-corrected chi connectivity index (χ3v) is 4.78. The number of amides is 1. The van der Waals surface area contributed by atoms with Gasteiger partial charge >= 0.3 is 0 Å². The number of rotatable bonds is 4. The number of likely N-dealkylation sites (N-methyl/N-ethyl adjacent to an activating group) is 1. The van der Waals surface area contributed by atoms with Crippen molar-refractivity contribution in [1.29, 1.82) is 0 Å².